The van der Waals surface area contributed by atoms with E-state index in [1.165, 1.54) is 11.1 Å². The third-order valence-corrected chi connectivity index (χ3v) is 4.20. The molecule has 114 valence electrons. The van der Waals surface area contributed by atoms with Crippen LogP contribution in [0.5, 0.6) is 5.75 Å². The first kappa shape index (κ1) is 16.0. The first-order chi connectivity index (χ1) is 9.85. The fourth-order valence-corrected chi connectivity index (χ4v) is 2.59. The predicted molar refractivity (Wildman–Crippen MR) is 89.0 cm³/mol. The number of nitrogens with zero attached hydrogens (tertiary/aromatic N) is 1. The molecule has 0 radical (unpaired) electrons. The lowest BCUT2D eigenvalue weighted by Crippen LogP contribution is -2.35. The van der Waals surface area contributed by atoms with Crippen LogP contribution in [0.4, 0.5) is 0 Å². The minimum atomic E-state index is 0.112. The molecule has 0 spiro atoms. The molecule has 0 aliphatic rings. The fourth-order valence-electron chi connectivity index (χ4n) is 1.87. The summed E-state index contributed by atoms with van der Waals surface area (Å²) in [4.78, 5) is 4.61. The van der Waals surface area contributed by atoms with E-state index in [4.69, 9.17) is 4.74 Å². The Bertz CT molecular complexity index is 599. The Morgan fingerprint density at radius 1 is 1.24 bits per heavy atom. The summed E-state index contributed by atoms with van der Waals surface area (Å²) in [5, 5.41) is 6.62. The summed E-state index contributed by atoms with van der Waals surface area (Å²) in [6.07, 6.45) is 0. The van der Waals surface area contributed by atoms with Crippen molar-refractivity contribution >= 4 is 11.3 Å². The Hall–Kier alpha value is -1.39. The SMILES string of the molecule is Cc1cccc(OCc2csc(CNC(C)(C)C)n2)c1C. The van der Waals surface area contributed by atoms with E-state index >= 15 is 0 Å². The zero-order chi connectivity index (χ0) is 15.5. The molecule has 1 aromatic heterocycles. The Morgan fingerprint density at radius 3 is 2.71 bits per heavy atom. The van der Waals surface area contributed by atoms with Gasteiger partial charge in [0, 0.05) is 17.5 Å². The molecule has 0 saturated heterocycles. The van der Waals surface area contributed by atoms with Crippen molar-refractivity contribution in [1.82, 2.24) is 10.3 Å². The monoisotopic (exact) mass is 304 g/mol. The first-order valence-corrected chi connectivity index (χ1v) is 8.10. The van der Waals surface area contributed by atoms with Crippen LogP contribution in [0.15, 0.2) is 23.6 Å². The Kier molecular flexibility index (Phi) is 5.01. The largest absolute Gasteiger partial charge is 0.487 e. The van der Waals surface area contributed by atoms with Crippen LogP contribution < -0.4 is 10.1 Å². The zero-order valence-electron chi connectivity index (χ0n) is 13.5. The molecule has 1 aromatic carbocycles. The molecule has 2 aromatic rings. The molecule has 21 heavy (non-hydrogen) atoms. The molecule has 3 nitrogen and oxygen atoms in total. The number of nitrogens with one attached hydrogen (secondary N) is 1. The summed E-state index contributed by atoms with van der Waals surface area (Å²) in [7, 11) is 0. The van der Waals surface area contributed by atoms with Gasteiger partial charge < -0.3 is 10.1 Å². The molecule has 0 fully saturated rings. The highest BCUT2D eigenvalue weighted by molar-refractivity contribution is 7.09. The van der Waals surface area contributed by atoms with E-state index in [9.17, 15) is 0 Å². The Labute approximate surface area is 131 Å². The maximum absolute atomic E-state index is 5.89. The molecular formula is C17H24N2OS. The highest BCUT2D eigenvalue weighted by Gasteiger charge is 2.10. The number of hydrogen-bond donors (Lipinski definition) is 1. The number of aromatic nitrogens is 1. The van der Waals surface area contributed by atoms with Gasteiger partial charge in [0.25, 0.3) is 0 Å². The maximum Gasteiger partial charge on any atom is 0.131 e. The van der Waals surface area contributed by atoms with E-state index in [0.29, 0.717) is 6.61 Å². The van der Waals surface area contributed by atoms with E-state index in [0.717, 1.165) is 23.0 Å². The third kappa shape index (κ3) is 4.83. The fraction of sp³-hybridized carbons (Fsp3) is 0.471. The van der Waals surface area contributed by atoms with E-state index < -0.39 is 0 Å². The lowest BCUT2D eigenvalue weighted by Gasteiger charge is -2.19. The lowest BCUT2D eigenvalue weighted by atomic mass is 10.1. The molecule has 0 atom stereocenters. The summed E-state index contributed by atoms with van der Waals surface area (Å²) in [6, 6.07) is 6.13. The normalized spacial score (nSPS) is 11.7. The Balaban J connectivity index is 1.92. The van der Waals surface area contributed by atoms with Crippen molar-refractivity contribution in [2.45, 2.75) is 53.3 Å². The van der Waals surface area contributed by atoms with Gasteiger partial charge in [-0.15, -0.1) is 11.3 Å². The molecule has 0 aliphatic carbocycles. The molecule has 0 amide bonds. The average molecular weight is 304 g/mol. The minimum absolute atomic E-state index is 0.112. The van der Waals surface area contributed by atoms with Gasteiger partial charge in [0.2, 0.25) is 0 Å². The van der Waals surface area contributed by atoms with Gasteiger partial charge in [-0.1, -0.05) is 12.1 Å². The van der Waals surface area contributed by atoms with Gasteiger partial charge >= 0.3 is 0 Å². The van der Waals surface area contributed by atoms with Crippen LogP contribution in [0.2, 0.25) is 0 Å². The Morgan fingerprint density at radius 2 is 2.00 bits per heavy atom. The van der Waals surface area contributed by atoms with Crippen LogP contribution in [0.25, 0.3) is 0 Å². The van der Waals surface area contributed by atoms with Crippen LogP contribution in [-0.4, -0.2) is 10.5 Å². The maximum atomic E-state index is 5.89. The van der Waals surface area contributed by atoms with Gasteiger partial charge in [0.1, 0.15) is 17.4 Å². The van der Waals surface area contributed by atoms with Crippen molar-refractivity contribution < 1.29 is 4.74 Å². The predicted octanol–water partition coefficient (Wildman–Crippen LogP) is 4.23. The van der Waals surface area contributed by atoms with Crippen molar-refractivity contribution in [1.29, 1.82) is 0 Å². The average Bonchev–Trinajstić information content (AvgIpc) is 2.85. The van der Waals surface area contributed by atoms with Crippen LogP contribution in [-0.2, 0) is 13.2 Å². The number of rotatable bonds is 5. The third-order valence-electron chi connectivity index (χ3n) is 3.30. The quantitative estimate of drug-likeness (QED) is 0.897. The van der Waals surface area contributed by atoms with Gasteiger partial charge in [0.05, 0.1) is 5.69 Å². The minimum Gasteiger partial charge on any atom is -0.487 e. The van der Waals surface area contributed by atoms with Gasteiger partial charge in [-0.05, 0) is 51.8 Å². The van der Waals surface area contributed by atoms with Crippen molar-refractivity contribution in [3.05, 3.63) is 45.4 Å². The van der Waals surface area contributed by atoms with Gasteiger partial charge in [-0.2, -0.15) is 0 Å². The summed E-state index contributed by atoms with van der Waals surface area (Å²) in [6.45, 7) is 12.0. The lowest BCUT2D eigenvalue weighted by molar-refractivity contribution is 0.299. The number of thiazole rings is 1. The van der Waals surface area contributed by atoms with Gasteiger partial charge in [-0.25, -0.2) is 4.98 Å². The van der Waals surface area contributed by atoms with Crippen LogP contribution in [0, 0.1) is 13.8 Å². The van der Waals surface area contributed by atoms with Crippen molar-refractivity contribution in [2.24, 2.45) is 0 Å². The van der Waals surface area contributed by atoms with Crippen LogP contribution >= 0.6 is 11.3 Å². The number of hydrogen-bond acceptors (Lipinski definition) is 4. The molecule has 0 saturated carbocycles. The van der Waals surface area contributed by atoms with E-state index in [2.05, 4.69) is 56.4 Å². The van der Waals surface area contributed by atoms with Gasteiger partial charge in [-0.3, -0.25) is 0 Å². The summed E-state index contributed by atoms with van der Waals surface area (Å²) >= 11 is 1.68. The van der Waals surface area contributed by atoms with Crippen LogP contribution in [0.1, 0.15) is 42.6 Å². The second-order valence-electron chi connectivity index (χ2n) is 6.32. The smallest absolute Gasteiger partial charge is 0.131 e. The summed E-state index contributed by atoms with van der Waals surface area (Å²) < 4.78 is 5.89. The van der Waals surface area contributed by atoms with Crippen molar-refractivity contribution in [3.8, 4) is 5.75 Å². The van der Waals surface area contributed by atoms with Crippen molar-refractivity contribution in [2.75, 3.05) is 0 Å². The first-order valence-electron chi connectivity index (χ1n) is 7.22. The number of benzene rings is 1. The van der Waals surface area contributed by atoms with Gasteiger partial charge in [0.15, 0.2) is 0 Å². The highest BCUT2D eigenvalue weighted by atomic mass is 32.1. The summed E-state index contributed by atoms with van der Waals surface area (Å²) in [5.41, 5.74) is 3.55. The molecule has 1 heterocycles. The number of ether oxygens (including phenoxy) is 1. The molecular weight excluding hydrogens is 280 g/mol. The second kappa shape index (κ2) is 6.58. The van der Waals surface area contributed by atoms with E-state index in [1.54, 1.807) is 11.3 Å². The van der Waals surface area contributed by atoms with Crippen molar-refractivity contribution in [3.63, 3.8) is 0 Å². The topological polar surface area (TPSA) is 34.1 Å². The second-order valence-corrected chi connectivity index (χ2v) is 7.27. The zero-order valence-corrected chi connectivity index (χ0v) is 14.3. The number of aryl methyl sites for hydroxylation is 1. The standard InChI is InChI=1S/C17H24N2OS/c1-12-7-6-8-15(13(12)2)20-10-14-11-21-16(19-14)9-18-17(3,4)5/h6-8,11,18H,9-10H2,1-5H3. The molecule has 4 heteroatoms. The van der Waals surface area contributed by atoms with E-state index in [1.807, 2.05) is 12.1 Å². The summed E-state index contributed by atoms with van der Waals surface area (Å²) in [5.74, 6) is 0.942. The van der Waals surface area contributed by atoms with E-state index in [-0.39, 0.29) is 5.54 Å². The molecule has 0 aliphatic heterocycles. The highest BCUT2D eigenvalue weighted by Crippen LogP contribution is 2.22. The van der Waals surface area contributed by atoms with Crippen LogP contribution in [0.3, 0.4) is 0 Å². The molecule has 1 N–H and O–H groups in total. The molecule has 0 bridgehead atoms. The molecule has 2 rings (SSSR count). The molecule has 0 unspecified atom stereocenters.